The highest BCUT2D eigenvalue weighted by atomic mass is 16.7. The minimum atomic E-state index is -1.08. The van der Waals surface area contributed by atoms with Crippen LogP contribution in [0.25, 0.3) is 0 Å². The maximum Gasteiger partial charge on any atom is 0.305 e. The van der Waals surface area contributed by atoms with E-state index < -0.39 is 48.2 Å². The fraction of sp³-hybridized carbons (Fsp3) is 0.500. The van der Waals surface area contributed by atoms with Gasteiger partial charge in [0.15, 0.2) is 12.2 Å². The van der Waals surface area contributed by atoms with Crippen molar-refractivity contribution in [2.24, 2.45) is 11.8 Å². The number of hydrogen-bond acceptors (Lipinski definition) is 9. The van der Waals surface area contributed by atoms with Crippen molar-refractivity contribution in [3.63, 3.8) is 0 Å². The molecule has 0 radical (unpaired) electrons. The molecule has 0 aromatic heterocycles. The molecule has 5 unspecified atom stereocenters. The van der Waals surface area contributed by atoms with Gasteiger partial charge in [-0.3, -0.25) is 24.0 Å². The summed E-state index contributed by atoms with van der Waals surface area (Å²) in [5.74, 6) is -2.99. The van der Waals surface area contributed by atoms with Crippen molar-refractivity contribution in [1.29, 1.82) is 0 Å². The van der Waals surface area contributed by atoms with Crippen molar-refractivity contribution >= 4 is 30.5 Å². The van der Waals surface area contributed by atoms with Crippen LogP contribution in [0.4, 0.5) is 0 Å². The lowest BCUT2D eigenvalue weighted by Gasteiger charge is -2.41. The Hall–Kier alpha value is -3.49. The first-order valence-electron chi connectivity index (χ1n) is 11.2. The molecule has 0 saturated carbocycles. The maximum atomic E-state index is 12.1. The Morgan fingerprint density at radius 3 is 2.14 bits per heavy atom. The van der Waals surface area contributed by atoms with Gasteiger partial charge >= 0.3 is 17.9 Å². The minimum Gasteiger partial charge on any atom is -0.462 e. The fourth-order valence-corrected chi connectivity index (χ4v) is 3.96. The van der Waals surface area contributed by atoms with Crippen LogP contribution in [0.3, 0.4) is 0 Å². The van der Waals surface area contributed by atoms with Crippen molar-refractivity contribution in [2.75, 3.05) is 0 Å². The van der Waals surface area contributed by atoms with Crippen LogP contribution in [0.1, 0.15) is 54.4 Å². The molecule has 0 spiro atoms. The zero-order valence-corrected chi connectivity index (χ0v) is 21.1. The lowest BCUT2D eigenvalue weighted by Crippen LogP contribution is -2.44. The summed E-state index contributed by atoms with van der Waals surface area (Å²) in [5.41, 5.74) is 2.13. The van der Waals surface area contributed by atoms with Gasteiger partial charge in [0.05, 0.1) is 12.2 Å². The van der Waals surface area contributed by atoms with Gasteiger partial charge in [-0.1, -0.05) is 17.7 Å². The number of carbonyl (C=O) groups excluding carboxylic acids is 5. The van der Waals surface area contributed by atoms with Crippen molar-refractivity contribution in [1.82, 2.24) is 0 Å². The third-order valence-corrected chi connectivity index (χ3v) is 5.29. The van der Waals surface area contributed by atoms with Crippen LogP contribution < -0.4 is 0 Å². The molecule has 9 heteroatoms. The molecule has 0 amide bonds. The number of rotatable bonds is 12. The molecule has 1 aliphatic rings. The third kappa shape index (κ3) is 9.35. The molecule has 0 saturated heterocycles. The van der Waals surface area contributed by atoms with Gasteiger partial charge in [-0.2, -0.15) is 0 Å². The molecular weight excluding hydrogens is 456 g/mol. The van der Waals surface area contributed by atoms with Crippen LogP contribution >= 0.6 is 0 Å². The second kappa shape index (κ2) is 14.0. The zero-order valence-electron chi connectivity index (χ0n) is 21.1. The summed E-state index contributed by atoms with van der Waals surface area (Å²) in [6, 6.07) is 0. The largest absolute Gasteiger partial charge is 0.462 e. The fourth-order valence-electron chi connectivity index (χ4n) is 3.96. The van der Waals surface area contributed by atoms with E-state index in [2.05, 4.69) is 6.58 Å². The van der Waals surface area contributed by atoms with Crippen LogP contribution in [0.15, 0.2) is 47.3 Å². The summed E-state index contributed by atoms with van der Waals surface area (Å²) in [6.45, 7) is 12.7. The van der Waals surface area contributed by atoms with E-state index in [1.165, 1.54) is 33.1 Å². The molecule has 0 fully saturated rings. The molecular formula is C26H34O9. The number of allylic oxidation sites excluding steroid dienone is 3. The van der Waals surface area contributed by atoms with Gasteiger partial charge in [0.2, 0.25) is 6.29 Å². The Labute approximate surface area is 205 Å². The topological polar surface area (TPSA) is 122 Å². The highest BCUT2D eigenvalue weighted by Crippen LogP contribution is 2.42. The van der Waals surface area contributed by atoms with Crippen LogP contribution in [0, 0.1) is 11.8 Å². The average molecular weight is 491 g/mol. The van der Waals surface area contributed by atoms with E-state index in [0.717, 1.165) is 5.57 Å². The maximum absolute atomic E-state index is 12.1. The van der Waals surface area contributed by atoms with Crippen molar-refractivity contribution in [2.45, 2.75) is 72.9 Å². The second-order valence-corrected chi connectivity index (χ2v) is 8.57. The van der Waals surface area contributed by atoms with Crippen molar-refractivity contribution in [3.8, 4) is 0 Å². The SMILES string of the molecule is C=C(C=O)CCC1C(C(OC(C)=O)C(C=C(C)C)OC(C)=O)=COC(OC(C)=O)C1C(C)=CC=O. The molecule has 0 aromatic carbocycles. The van der Waals surface area contributed by atoms with E-state index in [-0.39, 0.29) is 6.42 Å². The number of carbonyl (C=O) groups is 5. The highest BCUT2D eigenvalue weighted by molar-refractivity contribution is 5.72. The molecule has 5 atom stereocenters. The van der Waals surface area contributed by atoms with E-state index >= 15 is 0 Å². The van der Waals surface area contributed by atoms with E-state index in [4.69, 9.17) is 18.9 Å². The molecule has 0 bridgehead atoms. The molecule has 1 aliphatic heterocycles. The standard InChI is InChI=1S/C26H34O9/c1-15(2)12-23(33-18(5)29)25(34-19(6)30)22-14-32-26(35-20(7)31)24(17(4)10-11-27)21(22)9-8-16(3)13-28/h10-14,21,23-26H,3,8-9H2,1-2,4-7H3. The molecule has 0 N–H and O–H groups in total. The molecule has 0 aliphatic carbocycles. The van der Waals surface area contributed by atoms with Gasteiger partial charge in [0.1, 0.15) is 12.6 Å². The second-order valence-electron chi connectivity index (χ2n) is 8.57. The Morgan fingerprint density at radius 1 is 1.03 bits per heavy atom. The molecule has 9 nitrogen and oxygen atoms in total. The number of esters is 3. The lowest BCUT2D eigenvalue weighted by molar-refractivity contribution is -0.182. The summed E-state index contributed by atoms with van der Waals surface area (Å²) in [7, 11) is 0. The monoisotopic (exact) mass is 490 g/mol. The number of ether oxygens (including phenoxy) is 4. The predicted molar refractivity (Wildman–Crippen MR) is 127 cm³/mol. The van der Waals surface area contributed by atoms with E-state index in [0.29, 0.717) is 35.7 Å². The predicted octanol–water partition coefficient (Wildman–Crippen LogP) is 3.53. The smallest absolute Gasteiger partial charge is 0.305 e. The molecule has 35 heavy (non-hydrogen) atoms. The van der Waals surface area contributed by atoms with Gasteiger partial charge in [-0.25, -0.2) is 0 Å². The summed E-state index contributed by atoms with van der Waals surface area (Å²) in [4.78, 5) is 58.2. The summed E-state index contributed by atoms with van der Waals surface area (Å²) < 4.78 is 22.2. The number of hydrogen-bond donors (Lipinski definition) is 0. The zero-order chi connectivity index (χ0) is 26.7. The molecule has 1 rings (SSSR count). The van der Waals surface area contributed by atoms with Crippen molar-refractivity contribution < 1.29 is 42.9 Å². The first-order chi connectivity index (χ1) is 16.4. The Morgan fingerprint density at radius 2 is 1.66 bits per heavy atom. The first-order valence-corrected chi connectivity index (χ1v) is 11.2. The molecule has 192 valence electrons. The van der Waals surface area contributed by atoms with Crippen LogP contribution in [-0.2, 0) is 42.9 Å². The number of aldehydes is 2. The summed E-state index contributed by atoms with van der Waals surface area (Å²) >= 11 is 0. The van der Waals surface area contributed by atoms with E-state index in [1.807, 2.05) is 0 Å². The van der Waals surface area contributed by atoms with Crippen LogP contribution in [0.5, 0.6) is 0 Å². The Kier molecular flexibility index (Phi) is 11.8. The third-order valence-electron chi connectivity index (χ3n) is 5.29. The van der Waals surface area contributed by atoms with Gasteiger partial charge in [-0.05, 0) is 51.3 Å². The quantitative estimate of drug-likeness (QED) is 0.133. The first kappa shape index (κ1) is 29.5. The van der Waals surface area contributed by atoms with E-state index in [9.17, 15) is 24.0 Å². The lowest BCUT2D eigenvalue weighted by atomic mass is 9.74. The average Bonchev–Trinajstić information content (AvgIpc) is 2.74. The van der Waals surface area contributed by atoms with E-state index in [1.54, 1.807) is 26.8 Å². The Bertz CT molecular complexity index is 921. The van der Waals surface area contributed by atoms with Crippen LogP contribution in [0.2, 0.25) is 0 Å². The van der Waals surface area contributed by atoms with Crippen LogP contribution in [-0.4, -0.2) is 49.0 Å². The van der Waals surface area contributed by atoms with Gasteiger partial charge < -0.3 is 18.9 Å². The Balaban J connectivity index is 3.74. The highest BCUT2D eigenvalue weighted by Gasteiger charge is 2.44. The molecule has 0 aromatic rings. The van der Waals surface area contributed by atoms with Crippen molar-refractivity contribution in [3.05, 3.63) is 47.3 Å². The minimum absolute atomic E-state index is 0.275. The van der Waals surface area contributed by atoms with Gasteiger partial charge in [0.25, 0.3) is 0 Å². The molecule has 1 heterocycles. The summed E-state index contributed by atoms with van der Waals surface area (Å²) in [5, 5.41) is 0. The summed E-state index contributed by atoms with van der Waals surface area (Å²) in [6.07, 6.45) is 3.02. The van der Waals surface area contributed by atoms with Gasteiger partial charge in [0, 0.05) is 32.3 Å². The normalized spacial score (nSPS) is 21.3. The van der Waals surface area contributed by atoms with Gasteiger partial charge in [-0.15, -0.1) is 0 Å².